The van der Waals surface area contributed by atoms with Gasteiger partial charge in [0.2, 0.25) is 17.6 Å². The summed E-state index contributed by atoms with van der Waals surface area (Å²) < 4.78 is 21.7. The third kappa shape index (κ3) is 5.70. The number of aromatic hydroxyl groups is 1. The quantitative estimate of drug-likeness (QED) is 0.580. The minimum atomic E-state index is -0.890. The Labute approximate surface area is 203 Å². The molecule has 1 fully saturated rings. The molecule has 2 N–H and O–H groups in total. The first kappa shape index (κ1) is 25.9. The van der Waals surface area contributed by atoms with Crippen molar-refractivity contribution in [3.8, 4) is 23.0 Å². The first-order valence-electron chi connectivity index (χ1n) is 11.4. The smallest absolute Gasteiger partial charge is 0.343 e. The summed E-state index contributed by atoms with van der Waals surface area (Å²) in [6.07, 6.45) is 1.11. The highest BCUT2D eigenvalue weighted by Gasteiger charge is 2.31. The molecule has 0 unspecified atom stereocenters. The Morgan fingerprint density at radius 1 is 1.14 bits per heavy atom. The number of benzene rings is 1. The first-order valence-corrected chi connectivity index (χ1v) is 11.4. The lowest BCUT2D eigenvalue weighted by atomic mass is 9.87. The van der Waals surface area contributed by atoms with Crippen LogP contribution in [0.4, 0.5) is 0 Å². The number of ether oxygens (including phenoxy) is 3. The summed E-state index contributed by atoms with van der Waals surface area (Å²) >= 11 is 0. The van der Waals surface area contributed by atoms with Crippen LogP contribution >= 0.6 is 0 Å². The van der Waals surface area contributed by atoms with Crippen molar-refractivity contribution in [1.82, 2.24) is 10.2 Å². The maximum absolute atomic E-state index is 13.1. The second kappa shape index (κ2) is 11.2. The van der Waals surface area contributed by atoms with Crippen molar-refractivity contribution < 1.29 is 33.3 Å². The monoisotopic (exact) mass is 488 g/mol. The molecule has 2 amide bonds. The van der Waals surface area contributed by atoms with Gasteiger partial charge in [0.15, 0.2) is 11.5 Å². The molecule has 1 atom stereocenters. The van der Waals surface area contributed by atoms with E-state index in [4.69, 9.17) is 18.6 Å². The summed E-state index contributed by atoms with van der Waals surface area (Å²) in [7, 11) is 4.38. The number of piperidine rings is 1. The van der Waals surface area contributed by atoms with Gasteiger partial charge in [-0.2, -0.15) is 0 Å². The number of likely N-dealkylation sites (tertiary alicyclic amines) is 1. The van der Waals surface area contributed by atoms with Gasteiger partial charge in [0.05, 0.1) is 26.9 Å². The van der Waals surface area contributed by atoms with Gasteiger partial charge in [0, 0.05) is 50.0 Å². The second-order valence-corrected chi connectivity index (χ2v) is 8.47. The molecule has 10 nitrogen and oxygen atoms in total. The number of rotatable bonds is 8. The van der Waals surface area contributed by atoms with E-state index in [-0.39, 0.29) is 47.1 Å². The van der Waals surface area contributed by atoms with Crippen LogP contribution in [0, 0.1) is 6.92 Å². The first-order chi connectivity index (χ1) is 16.7. The van der Waals surface area contributed by atoms with Crippen molar-refractivity contribution in [2.75, 3.05) is 34.4 Å². The van der Waals surface area contributed by atoms with Gasteiger partial charge in [-0.25, -0.2) is 4.79 Å². The minimum Gasteiger partial charge on any atom is -0.507 e. The van der Waals surface area contributed by atoms with Crippen molar-refractivity contribution in [2.45, 2.75) is 45.1 Å². The predicted octanol–water partition coefficient (Wildman–Crippen LogP) is 2.33. The molecule has 0 radical (unpaired) electrons. The number of nitrogens with one attached hydrogen (secondary N) is 1. The van der Waals surface area contributed by atoms with E-state index in [0.29, 0.717) is 43.0 Å². The lowest BCUT2D eigenvalue weighted by molar-refractivity contribution is -0.130. The van der Waals surface area contributed by atoms with E-state index in [2.05, 4.69) is 5.32 Å². The van der Waals surface area contributed by atoms with E-state index >= 15 is 0 Å². The number of methoxy groups -OCH3 is 3. The molecule has 1 aliphatic heterocycles. The predicted molar refractivity (Wildman–Crippen MR) is 127 cm³/mol. The average Bonchev–Trinajstić information content (AvgIpc) is 2.82. The zero-order valence-corrected chi connectivity index (χ0v) is 20.7. The van der Waals surface area contributed by atoms with E-state index in [1.165, 1.54) is 34.3 Å². The van der Waals surface area contributed by atoms with Gasteiger partial charge < -0.3 is 34.0 Å². The van der Waals surface area contributed by atoms with Gasteiger partial charge in [-0.15, -0.1) is 0 Å². The molecule has 2 heterocycles. The summed E-state index contributed by atoms with van der Waals surface area (Å²) in [4.78, 5) is 39.3. The molecule has 190 valence electrons. The lowest BCUT2D eigenvalue weighted by Crippen LogP contribution is -2.46. The molecular formula is C25H32N2O8. The minimum absolute atomic E-state index is 0.0111. The van der Waals surface area contributed by atoms with Gasteiger partial charge >= 0.3 is 5.63 Å². The topological polar surface area (TPSA) is 128 Å². The van der Waals surface area contributed by atoms with Crippen LogP contribution in [0.25, 0.3) is 0 Å². The normalized spacial score (nSPS) is 14.8. The van der Waals surface area contributed by atoms with Gasteiger partial charge in [-0.1, -0.05) is 6.07 Å². The highest BCUT2D eigenvalue weighted by molar-refractivity contribution is 5.79. The fourth-order valence-corrected chi connectivity index (χ4v) is 4.50. The number of aryl methyl sites for hydroxylation is 1. The van der Waals surface area contributed by atoms with Crippen LogP contribution in [-0.4, -0.2) is 62.3 Å². The number of hydrogen-bond acceptors (Lipinski definition) is 8. The van der Waals surface area contributed by atoms with Crippen LogP contribution in [0.2, 0.25) is 0 Å². The maximum atomic E-state index is 13.1. The number of carbonyl (C=O) groups excluding carboxylic acids is 2. The van der Waals surface area contributed by atoms with E-state index < -0.39 is 11.5 Å². The summed E-state index contributed by atoms with van der Waals surface area (Å²) in [5.74, 6) is -0.236. The van der Waals surface area contributed by atoms with E-state index in [0.717, 1.165) is 0 Å². The van der Waals surface area contributed by atoms with Crippen LogP contribution in [0.3, 0.4) is 0 Å². The number of nitrogens with zero attached hydrogens (tertiary/aromatic N) is 1. The van der Waals surface area contributed by atoms with E-state index in [1.54, 1.807) is 24.0 Å². The Morgan fingerprint density at radius 3 is 2.34 bits per heavy atom. The molecule has 0 saturated carbocycles. The summed E-state index contributed by atoms with van der Waals surface area (Å²) in [5, 5.41) is 13.7. The second-order valence-electron chi connectivity index (χ2n) is 8.47. The molecule has 35 heavy (non-hydrogen) atoms. The van der Waals surface area contributed by atoms with Crippen molar-refractivity contribution in [2.24, 2.45) is 0 Å². The van der Waals surface area contributed by atoms with Crippen LogP contribution in [0.5, 0.6) is 23.0 Å². The number of carbonyl (C=O) groups is 2. The fourth-order valence-electron chi connectivity index (χ4n) is 4.50. The summed E-state index contributed by atoms with van der Waals surface area (Å²) in [6.45, 7) is 4.21. The Kier molecular flexibility index (Phi) is 8.26. The molecule has 1 aliphatic rings. The van der Waals surface area contributed by atoms with Gasteiger partial charge in [0.1, 0.15) is 11.5 Å². The summed E-state index contributed by atoms with van der Waals surface area (Å²) in [5.41, 5.74) is -0.340. The molecule has 3 rings (SSSR count). The van der Waals surface area contributed by atoms with Crippen LogP contribution in [0.1, 0.15) is 49.0 Å². The Hall–Kier alpha value is -3.69. The van der Waals surface area contributed by atoms with E-state index in [9.17, 15) is 19.5 Å². The average molecular weight is 489 g/mol. The van der Waals surface area contributed by atoms with E-state index in [1.807, 2.05) is 0 Å². The lowest BCUT2D eigenvalue weighted by Gasteiger charge is -2.32. The van der Waals surface area contributed by atoms with Crippen LogP contribution in [0.15, 0.2) is 27.4 Å². The third-order valence-corrected chi connectivity index (χ3v) is 6.24. The molecule has 1 aromatic carbocycles. The summed E-state index contributed by atoms with van der Waals surface area (Å²) in [6, 6.07) is 4.55. The Balaban J connectivity index is 1.98. The highest BCUT2D eigenvalue weighted by atomic mass is 16.5. The van der Waals surface area contributed by atoms with Crippen LogP contribution in [-0.2, 0) is 9.59 Å². The molecule has 10 heteroatoms. The zero-order valence-electron chi connectivity index (χ0n) is 20.7. The molecular weight excluding hydrogens is 456 g/mol. The van der Waals surface area contributed by atoms with Crippen molar-refractivity contribution in [3.63, 3.8) is 0 Å². The van der Waals surface area contributed by atoms with Gasteiger partial charge in [-0.3, -0.25) is 9.59 Å². The maximum Gasteiger partial charge on any atom is 0.343 e. The van der Waals surface area contributed by atoms with Crippen LogP contribution < -0.4 is 25.2 Å². The van der Waals surface area contributed by atoms with Gasteiger partial charge in [-0.05, 0) is 25.8 Å². The Morgan fingerprint density at radius 2 is 1.80 bits per heavy atom. The number of amides is 2. The molecule has 0 bridgehead atoms. The van der Waals surface area contributed by atoms with Crippen molar-refractivity contribution >= 4 is 11.8 Å². The Bertz CT molecular complexity index is 1140. The largest absolute Gasteiger partial charge is 0.507 e. The standard InChI is InChI=1S/C25H32N2O8/c1-14-12-19(29)22(25(31)35-14)18(17-6-7-20(32-3)24(34-5)23(17)33-4)13-21(30)26-16-8-10-27(11-9-16)15(2)28/h6-7,12,16,18,29H,8-11,13H2,1-5H3,(H,26,30)/t18-/m1/s1. The third-order valence-electron chi connectivity index (χ3n) is 6.24. The fraction of sp³-hybridized carbons (Fsp3) is 0.480. The molecule has 0 spiro atoms. The van der Waals surface area contributed by atoms with Crippen molar-refractivity contribution in [1.29, 1.82) is 0 Å². The SMILES string of the molecule is COc1ccc([C@@H](CC(=O)NC2CCN(C(C)=O)CC2)c2c(O)cc(C)oc2=O)c(OC)c1OC. The zero-order chi connectivity index (χ0) is 25.7. The number of hydrogen-bond donors (Lipinski definition) is 2. The molecule has 2 aromatic rings. The van der Waals surface area contributed by atoms with Crippen molar-refractivity contribution in [3.05, 3.63) is 45.5 Å². The highest BCUT2D eigenvalue weighted by Crippen LogP contribution is 2.45. The molecule has 1 aromatic heterocycles. The molecule has 1 saturated heterocycles. The molecule has 0 aliphatic carbocycles. The van der Waals surface area contributed by atoms with Gasteiger partial charge in [0.25, 0.3) is 0 Å².